The van der Waals surface area contributed by atoms with Crippen molar-refractivity contribution >= 4 is 29.0 Å². The van der Waals surface area contributed by atoms with Crippen LogP contribution in [0.1, 0.15) is 28.9 Å². The molecule has 0 bridgehead atoms. The number of carbonyl (C=O) groups excluding carboxylic acids is 1. The Hall–Kier alpha value is -3.68. The summed E-state index contributed by atoms with van der Waals surface area (Å²) in [6.45, 7) is 3.97. The van der Waals surface area contributed by atoms with E-state index in [0.29, 0.717) is 17.1 Å². The molecule has 0 radical (unpaired) electrons. The van der Waals surface area contributed by atoms with E-state index in [9.17, 15) is 4.79 Å². The quantitative estimate of drug-likeness (QED) is 0.646. The molecule has 3 aromatic rings. The third-order valence-corrected chi connectivity index (χ3v) is 4.85. The van der Waals surface area contributed by atoms with Gasteiger partial charge in [0.25, 0.3) is 5.91 Å². The molecule has 4 rings (SSSR count). The number of nitrogens with zero attached hydrogens (tertiary/aromatic N) is 4. The van der Waals surface area contributed by atoms with Crippen molar-refractivity contribution in [2.24, 2.45) is 0 Å². The first-order chi connectivity index (χ1) is 14.6. The minimum atomic E-state index is -0.224. The van der Waals surface area contributed by atoms with E-state index in [0.717, 1.165) is 36.2 Å². The predicted octanol–water partition coefficient (Wildman–Crippen LogP) is 3.78. The molecule has 1 amide bonds. The minimum absolute atomic E-state index is 0.224. The third-order valence-electron chi connectivity index (χ3n) is 4.85. The van der Waals surface area contributed by atoms with Gasteiger partial charge < -0.3 is 20.3 Å². The first-order valence-electron chi connectivity index (χ1n) is 9.90. The summed E-state index contributed by atoms with van der Waals surface area (Å²) in [4.78, 5) is 27.9. The summed E-state index contributed by atoms with van der Waals surface area (Å²) < 4.78 is 5.06. The maximum atomic E-state index is 12.4. The van der Waals surface area contributed by atoms with Crippen molar-refractivity contribution in [2.45, 2.75) is 19.8 Å². The van der Waals surface area contributed by atoms with Gasteiger partial charge >= 0.3 is 0 Å². The lowest BCUT2D eigenvalue weighted by Crippen LogP contribution is -2.21. The van der Waals surface area contributed by atoms with Gasteiger partial charge in [-0.2, -0.15) is 4.98 Å². The summed E-state index contributed by atoms with van der Waals surface area (Å²) in [6.07, 6.45) is 3.90. The molecule has 1 aliphatic heterocycles. The van der Waals surface area contributed by atoms with Crippen molar-refractivity contribution in [3.63, 3.8) is 0 Å². The van der Waals surface area contributed by atoms with Crippen LogP contribution in [0.2, 0.25) is 0 Å². The van der Waals surface area contributed by atoms with E-state index in [1.165, 1.54) is 20.0 Å². The molecule has 1 saturated heterocycles. The zero-order valence-electron chi connectivity index (χ0n) is 17.1. The van der Waals surface area contributed by atoms with Crippen LogP contribution in [0.3, 0.4) is 0 Å². The SMILES string of the molecule is COc1cc(C(=O)Nc2ccc(Nc3cc(C)nc(N4CCCC4)n3)cc2)ccn1. The first kappa shape index (κ1) is 19.6. The van der Waals surface area contributed by atoms with Gasteiger partial charge in [0.1, 0.15) is 5.82 Å². The molecule has 8 nitrogen and oxygen atoms in total. The molecule has 0 saturated carbocycles. The lowest BCUT2D eigenvalue weighted by molar-refractivity contribution is 0.102. The van der Waals surface area contributed by atoms with Crippen molar-refractivity contribution in [2.75, 3.05) is 35.7 Å². The Balaban J connectivity index is 1.43. The molecule has 30 heavy (non-hydrogen) atoms. The largest absolute Gasteiger partial charge is 0.481 e. The molecule has 1 fully saturated rings. The predicted molar refractivity (Wildman–Crippen MR) is 117 cm³/mol. The van der Waals surface area contributed by atoms with E-state index >= 15 is 0 Å². The molecule has 0 spiro atoms. The Morgan fingerprint density at radius 2 is 1.77 bits per heavy atom. The number of benzene rings is 1. The molecule has 0 unspecified atom stereocenters. The number of ether oxygens (including phenoxy) is 1. The second kappa shape index (κ2) is 8.77. The van der Waals surface area contributed by atoms with E-state index in [1.807, 2.05) is 37.3 Å². The fourth-order valence-corrected chi connectivity index (χ4v) is 3.33. The third kappa shape index (κ3) is 4.65. The number of amides is 1. The smallest absolute Gasteiger partial charge is 0.255 e. The second-order valence-corrected chi connectivity index (χ2v) is 7.13. The molecule has 0 aliphatic carbocycles. The van der Waals surface area contributed by atoms with Gasteiger partial charge in [-0.3, -0.25) is 4.79 Å². The molecule has 8 heteroatoms. The normalized spacial score (nSPS) is 13.2. The molecule has 2 aromatic heterocycles. The number of hydrogen-bond acceptors (Lipinski definition) is 7. The number of nitrogens with one attached hydrogen (secondary N) is 2. The molecule has 2 N–H and O–H groups in total. The number of rotatable bonds is 6. The Morgan fingerprint density at radius 1 is 1.03 bits per heavy atom. The highest BCUT2D eigenvalue weighted by Gasteiger charge is 2.16. The number of aromatic nitrogens is 3. The zero-order valence-corrected chi connectivity index (χ0v) is 17.1. The van der Waals surface area contributed by atoms with Crippen molar-refractivity contribution in [1.82, 2.24) is 15.0 Å². The average molecular weight is 404 g/mol. The Kier molecular flexibility index (Phi) is 5.74. The van der Waals surface area contributed by atoms with Crippen LogP contribution in [0.25, 0.3) is 0 Å². The average Bonchev–Trinajstić information content (AvgIpc) is 3.30. The fraction of sp³-hybridized carbons (Fsp3) is 0.273. The Bertz CT molecular complexity index is 1030. The number of anilines is 4. The lowest BCUT2D eigenvalue weighted by Gasteiger charge is -2.17. The summed E-state index contributed by atoms with van der Waals surface area (Å²) >= 11 is 0. The van der Waals surface area contributed by atoms with Gasteiger partial charge in [0.15, 0.2) is 0 Å². The van der Waals surface area contributed by atoms with Gasteiger partial charge in [-0.15, -0.1) is 0 Å². The molecule has 1 aromatic carbocycles. The number of methoxy groups -OCH3 is 1. The maximum Gasteiger partial charge on any atom is 0.255 e. The maximum absolute atomic E-state index is 12.4. The van der Waals surface area contributed by atoms with E-state index in [2.05, 4.69) is 30.5 Å². The van der Waals surface area contributed by atoms with Crippen LogP contribution in [0.4, 0.5) is 23.1 Å². The van der Waals surface area contributed by atoms with Gasteiger partial charge in [-0.1, -0.05) is 0 Å². The summed E-state index contributed by atoms with van der Waals surface area (Å²) in [5.41, 5.74) is 2.98. The van der Waals surface area contributed by atoms with Crippen LogP contribution in [0, 0.1) is 6.92 Å². The van der Waals surface area contributed by atoms with Gasteiger partial charge in [-0.05, 0) is 50.1 Å². The summed E-state index contributed by atoms with van der Waals surface area (Å²) in [7, 11) is 1.52. The number of hydrogen-bond donors (Lipinski definition) is 2. The number of aryl methyl sites for hydroxylation is 1. The van der Waals surface area contributed by atoms with E-state index in [1.54, 1.807) is 18.3 Å². The highest BCUT2D eigenvalue weighted by atomic mass is 16.5. The van der Waals surface area contributed by atoms with Crippen molar-refractivity contribution in [1.29, 1.82) is 0 Å². The zero-order chi connectivity index (χ0) is 20.9. The van der Waals surface area contributed by atoms with E-state index in [-0.39, 0.29) is 5.91 Å². The number of carbonyl (C=O) groups is 1. The molecule has 1 aliphatic rings. The van der Waals surface area contributed by atoms with Crippen LogP contribution < -0.4 is 20.3 Å². The van der Waals surface area contributed by atoms with E-state index < -0.39 is 0 Å². The van der Waals surface area contributed by atoms with Gasteiger partial charge in [0.2, 0.25) is 11.8 Å². The van der Waals surface area contributed by atoms with Crippen LogP contribution in [0.5, 0.6) is 5.88 Å². The Labute approximate surface area is 175 Å². The summed E-state index contributed by atoms with van der Waals surface area (Å²) in [5.74, 6) is 1.70. The fourth-order valence-electron chi connectivity index (χ4n) is 3.33. The minimum Gasteiger partial charge on any atom is -0.481 e. The molecular formula is C22H24N6O2. The van der Waals surface area contributed by atoms with Crippen molar-refractivity contribution in [3.05, 3.63) is 59.9 Å². The van der Waals surface area contributed by atoms with Crippen LogP contribution in [-0.2, 0) is 0 Å². The highest BCUT2D eigenvalue weighted by Crippen LogP contribution is 2.22. The van der Waals surface area contributed by atoms with Crippen LogP contribution >= 0.6 is 0 Å². The monoisotopic (exact) mass is 404 g/mol. The van der Waals surface area contributed by atoms with Gasteiger partial charge in [0, 0.05) is 54.1 Å². The van der Waals surface area contributed by atoms with Crippen LogP contribution in [0.15, 0.2) is 48.7 Å². The second-order valence-electron chi connectivity index (χ2n) is 7.13. The number of pyridine rings is 1. The molecular weight excluding hydrogens is 380 g/mol. The Morgan fingerprint density at radius 3 is 2.50 bits per heavy atom. The summed E-state index contributed by atoms with van der Waals surface area (Å²) in [6, 6.07) is 12.6. The van der Waals surface area contributed by atoms with E-state index in [4.69, 9.17) is 4.74 Å². The van der Waals surface area contributed by atoms with Gasteiger partial charge in [0.05, 0.1) is 7.11 Å². The summed E-state index contributed by atoms with van der Waals surface area (Å²) in [5, 5.41) is 6.19. The molecule has 154 valence electrons. The van der Waals surface area contributed by atoms with Gasteiger partial charge in [-0.25, -0.2) is 9.97 Å². The van der Waals surface area contributed by atoms with Crippen molar-refractivity contribution in [3.8, 4) is 5.88 Å². The van der Waals surface area contributed by atoms with Crippen molar-refractivity contribution < 1.29 is 9.53 Å². The highest BCUT2D eigenvalue weighted by molar-refractivity contribution is 6.04. The molecule has 3 heterocycles. The molecule has 0 atom stereocenters. The topological polar surface area (TPSA) is 92.3 Å². The standard InChI is InChI=1S/C22H24N6O2/c1-15-13-19(27-22(24-15)28-11-3-4-12-28)25-17-5-7-18(8-6-17)26-21(29)16-9-10-23-20(14-16)30-2/h5-10,13-14H,3-4,11-12H2,1-2H3,(H,26,29)(H,24,25,27). The van der Waals surface area contributed by atoms with Crippen LogP contribution in [-0.4, -0.2) is 41.1 Å². The lowest BCUT2D eigenvalue weighted by atomic mass is 10.2. The first-order valence-corrected chi connectivity index (χ1v) is 9.90.